The highest BCUT2D eigenvalue weighted by Gasteiger charge is 2.26. The second-order valence-corrected chi connectivity index (χ2v) is 6.09. The molecule has 26 heavy (non-hydrogen) atoms. The first kappa shape index (κ1) is 16.4. The van der Waals surface area contributed by atoms with Gasteiger partial charge in [0.05, 0.1) is 17.3 Å². The average Bonchev–Trinajstić information content (AvgIpc) is 3.34. The van der Waals surface area contributed by atoms with Crippen molar-refractivity contribution in [1.29, 1.82) is 0 Å². The Labute approximate surface area is 148 Å². The van der Waals surface area contributed by atoms with Crippen LogP contribution in [-0.2, 0) is 0 Å². The molecule has 1 atom stereocenters. The van der Waals surface area contributed by atoms with Gasteiger partial charge in [0, 0.05) is 43.7 Å². The second kappa shape index (κ2) is 6.65. The zero-order valence-electron chi connectivity index (χ0n) is 14.1. The van der Waals surface area contributed by atoms with Gasteiger partial charge in [-0.05, 0) is 19.2 Å². The maximum absolute atomic E-state index is 11.5. The lowest BCUT2D eigenvalue weighted by atomic mass is 10.1. The van der Waals surface area contributed by atoms with Gasteiger partial charge in [-0.1, -0.05) is 5.16 Å². The summed E-state index contributed by atoms with van der Waals surface area (Å²) in [5.74, 6) is 0.829. The number of hydrogen-bond donors (Lipinski definition) is 1. The van der Waals surface area contributed by atoms with E-state index >= 15 is 0 Å². The van der Waals surface area contributed by atoms with Gasteiger partial charge in [-0.15, -0.1) is 0 Å². The molecule has 1 aliphatic heterocycles. The molecule has 0 bridgehead atoms. The Morgan fingerprint density at radius 1 is 1.42 bits per heavy atom. The lowest BCUT2D eigenvalue weighted by molar-refractivity contribution is -0.384. The molecule has 1 N–H and O–H groups in total. The molecule has 1 fully saturated rings. The summed E-state index contributed by atoms with van der Waals surface area (Å²) in [6.45, 7) is 2.54. The van der Waals surface area contributed by atoms with Crippen LogP contribution in [0.2, 0.25) is 0 Å². The smallest absolute Gasteiger partial charge is 0.294 e. The van der Waals surface area contributed by atoms with Gasteiger partial charge in [0.1, 0.15) is 5.69 Å². The van der Waals surface area contributed by atoms with Crippen molar-refractivity contribution in [3.63, 3.8) is 0 Å². The van der Waals surface area contributed by atoms with Crippen molar-refractivity contribution in [2.45, 2.75) is 6.04 Å². The predicted octanol–water partition coefficient (Wildman–Crippen LogP) is 1.41. The minimum Gasteiger partial charge on any atom is -0.334 e. The molecule has 0 amide bonds. The van der Waals surface area contributed by atoms with Crippen LogP contribution in [0.5, 0.6) is 0 Å². The van der Waals surface area contributed by atoms with Crippen LogP contribution in [0.25, 0.3) is 17.1 Å². The number of imidazole rings is 1. The number of likely N-dealkylation sites (N-methyl/N-ethyl adjacent to an activating group) is 1. The number of aromatic nitrogens is 4. The van der Waals surface area contributed by atoms with Gasteiger partial charge in [-0.2, -0.15) is 4.98 Å². The van der Waals surface area contributed by atoms with Gasteiger partial charge < -0.3 is 14.4 Å². The zero-order valence-corrected chi connectivity index (χ0v) is 14.1. The van der Waals surface area contributed by atoms with Gasteiger partial charge in [-0.3, -0.25) is 15.0 Å². The van der Waals surface area contributed by atoms with Gasteiger partial charge in [0.2, 0.25) is 0 Å². The average molecular weight is 355 g/mol. The zero-order chi connectivity index (χ0) is 18.1. The highest BCUT2D eigenvalue weighted by Crippen LogP contribution is 2.30. The molecule has 2 aromatic heterocycles. The van der Waals surface area contributed by atoms with E-state index < -0.39 is 4.92 Å². The van der Waals surface area contributed by atoms with E-state index in [4.69, 9.17) is 4.52 Å². The van der Waals surface area contributed by atoms with Crippen molar-refractivity contribution in [3.05, 3.63) is 52.9 Å². The van der Waals surface area contributed by atoms with Crippen LogP contribution in [0.15, 0.2) is 41.4 Å². The van der Waals surface area contributed by atoms with Gasteiger partial charge in [0.25, 0.3) is 11.6 Å². The molecule has 3 heterocycles. The molecule has 1 aromatic carbocycles. The fraction of sp³-hybridized carbons (Fsp3) is 0.312. The van der Waals surface area contributed by atoms with Crippen LogP contribution in [0.1, 0.15) is 11.9 Å². The highest BCUT2D eigenvalue weighted by atomic mass is 16.6. The molecule has 1 saturated heterocycles. The first-order valence-electron chi connectivity index (χ1n) is 8.15. The summed E-state index contributed by atoms with van der Waals surface area (Å²) in [6.07, 6.45) is 4.73. The fourth-order valence-electron chi connectivity index (χ4n) is 3.00. The normalized spacial score (nSPS) is 18.1. The van der Waals surface area contributed by atoms with Crippen LogP contribution < -0.4 is 5.32 Å². The van der Waals surface area contributed by atoms with Crippen molar-refractivity contribution < 1.29 is 9.45 Å². The second-order valence-electron chi connectivity index (χ2n) is 6.09. The standard InChI is InChI=1S/C16H17N7O3/c1-21-6-4-17-9-14(21)15-19-16(26-20-15)11-2-3-12(13(8-11)23(24)25)22-7-5-18-10-22/h2-3,5,7-8,10,14,17H,4,6,9H2,1H3. The summed E-state index contributed by atoms with van der Waals surface area (Å²) in [5.41, 5.74) is 0.870. The molecule has 4 rings (SSSR count). The number of nitrogens with one attached hydrogen (secondary N) is 1. The van der Waals surface area contributed by atoms with E-state index in [1.54, 1.807) is 29.1 Å². The molecule has 0 aliphatic carbocycles. The molecule has 0 saturated carbocycles. The number of hydrogen-bond acceptors (Lipinski definition) is 8. The summed E-state index contributed by atoms with van der Waals surface area (Å²) >= 11 is 0. The third kappa shape index (κ3) is 2.95. The molecule has 0 spiro atoms. The van der Waals surface area contributed by atoms with Crippen molar-refractivity contribution in [2.24, 2.45) is 0 Å². The van der Waals surface area contributed by atoms with Gasteiger partial charge in [0.15, 0.2) is 5.82 Å². The molecule has 1 unspecified atom stereocenters. The minimum absolute atomic E-state index is 0.0152. The Balaban J connectivity index is 1.68. The van der Waals surface area contributed by atoms with E-state index in [1.165, 1.54) is 12.4 Å². The van der Waals surface area contributed by atoms with Crippen molar-refractivity contribution >= 4 is 5.69 Å². The Kier molecular flexibility index (Phi) is 4.19. The Morgan fingerprint density at radius 3 is 3.04 bits per heavy atom. The first-order valence-corrected chi connectivity index (χ1v) is 8.15. The van der Waals surface area contributed by atoms with E-state index in [1.807, 2.05) is 7.05 Å². The Bertz CT molecular complexity index is 922. The van der Waals surface area contributed by atoms with Crippen LogP contribution in [-0.4, -0.2) is 56.2 Å². The number of nitrogens with zero attached hydrogens (tertiary/aromatic N) is 6. The van der Waals surface area contributed by atoms with E-state index in [2.05, 4.69) is 25.3 Å². The van der Waals surface area contributed by atoms with Crippen LogP contribution >= 0.6 is 0 Å². The summed E-state index contributed by atoms with van der Waals surface area (Å²) in [7, 11) is 2.01. The lowest BCUT2D eigenvalue weighted by Gasteiger charge is -2.30. The number of rotatable bonds is 4. The molecule has 1 aliphatic rings. The van der Waals surface area contributed by atoms with Crippen LogP contribution in [0.4, 0.5) is 5.69 Å². The van der Waals surface area contributed by atoms with Gasteiger partial charge in [-0.25, -0.2) is 4.98 Å². The topological polar surface area (TPSA) is 115 Å². The largest absolute Gasteiger partial charge is 0.334 e. The third-order valence-electron chi connectivity index (χ3n) is 4.45. The third-order valence-corrected chi connectivity index (χ3v) is 4.45. The molecule has 134 valence electrons. The molecular formula is C16H17N7O3. The van der Waals surface area contributed by atoms with Crippen LogP contribution in [0, 0.1) is 10.1 Å². The Hall–Kier alpha value is -3.11. The Morgan fingerprint density at radius 2 is 2.31 bits per heavy atom. The number of benzene rings is 1. The maximum atomic E-state index is 11.5. The number of nitro benzene ring substituents is 1. The quantitative estimate of drug-likeness (QED) is 0.552. The highest BCUT2D eigenvalue weighted by molar-refractivity contribution is 5.65. The monoisotopic (exact) mass is 355 g/mol. The molecular weight excluding hydrogens is 338 g/mol. The summed E-state index contributed by atoms with van der Waals surface area (Å²) in [4.78, 5) is 21.6. The molecule has 0 radical (unpaired) electrons. The first-order chi connectivity index (χ1) is 12.6. The van der Waals surface area contributed by atoms with Crippen molar-refractivity contribution in [2.75, 3.05) is 26.7 Å². The van der Waals surface area contributed by atoms with E-state index in [0.29, 0.717) is 17.1 Å². The number of piperazine rings is 1. The van der Waals surface area contributed by atoms with E-state index in [9.17, 15) is 10.1 Å². The molecule has 10 nitrogen and oxygen atoms in total. The summed E-state index contributed by atoms with van der Waals surface area (Å²) < 4.78 is 6.95. The van der Waals surface area contributed by atoms with Crippen molar-refractivity contribution in [3.8, 4) is 17.1 Å². The number of nitro groups is 1. The fourth-order valence-corrected chi connectivity index (χ4v) is 3.00. The van der Waals surface area contributed by atoms with E-state index in [-0.39, 0.29) is 17.6 Å². The lowest BCUT2D eigenvalue weighted by Crippen LogP contribution is -2.44. The molecule has 3 aromatic rings. The van der Waals surface area contributed by atoms with Gasteiger partial charge >= 0.3 is 0 Å². The predicted molar refractivity (Wildman–Crippen MR) is 91.8 cm³/mol. The summed E-state index contributed by atoms with van der Waals surface area (Å²) in [5, 5.41) is 18.8. The van der Waals surface area contributed by atoms with Crippen molar-refractivity contribution in [1.82, 2.24) is 29.9 Å². The van der Waals surface area contributed by atoms with E-state index in [0.717, 1.165) is 19.6 Å². The SMILES string of the molecule is CN1CCNCC1c1noc(-c2ccc(-n3ccnc3)c([N+](=O)[O-])c2)n1. The summed E-state index contributed by atoms with van der Waals surface area (Å²) in [6, 6.07) is 4.83. The molecule has 10 heteroatoms. The minimum atomic E-state index is -0.436. The van der Waals surface area contributed by atoms with Crippen LogP contribution in [0.3, 0.4) is 0 Å². The maximum Gasteiger partial charge on any atom is 0.294 e.